The van der Waals surface area contributed by atoms with E-state index in [1.54, 1.807) is 29.3 Å². The molecule has 45 heavy (non-hydrogen) atoms. The molecule has 0 unspecified atom stereocenters. The number of benzene rings is 3. The van der Waals surface area contributed by atoms with Crippen molar-refractivity contribution in [3.05, 3.63) is 80.0 Å². The van der Waals surface area contributed by atoms with Gasteiger partial charge in [0.25, 0.3) is 11.5 Å². The van der Waals surface area contributed by atoms with E-state index in [0.717, 1.165) is 22.4 Å². The highest BCUT2D eigenvalue weighted by Crippen LogP contribution is 2.37. The van der Waals surface area contributed by atoms with Crippen LogP contribution in [0.5, 0.6) is 17.2 Å². The van der Waals surface area contributed by atoms with Crippen LogP contribution in [0.25, 0.3) is 22.3 Å². The Labute approximate surface area is 270 Å². The predicted molar refractivity (Wildman–Crippen MR) is 178 cm³/mol. The van der Waals surface area contributed by atoms with Crippen LogP contribution in [0, 0.1) is 6.92 Å². The number of rotatable bonds is 10. The zero-order valence-electron chi connectivity index (χ0n) is 26.1. The minimum atomic E-state index is -0.293. The number of amides is 1. The molecule has 4 aromatic rings. The topological polar surface area (TPSA) is 104 Å². The summed E-state index contributed by atoms with van der Waals surface area (Å²) in [5, 5.41) is 5.11. The maximum absolute atomic E-state index is 13.9. The van der Waals surface area contributed by atoms with Crippen LogP contribution in [0.2, 0.25) is 0 Å². The van der Waals surface area contributed by atoms with E-state index in [4.69, 9.17) is 23.9 Å². The molecule has 0 spiro atoms. The van der Waals surface area contributed by atoms with Crippen LogP contribution < -0.4 is 19.8 Å². The maximum Gasteiger partial charge on any atom is 0.282 e. The van der Waals surface area contributed by atoms with Crippen molar-refractivity contribution in [2.45, 2.75) is 33.6 Å². The first-order valence-corrected chi connectivity index (χ1v) is 15.7. The molecule has 10 nitrogen and oxygen atoms in total. The van der Waals surface area contributed by atoms with Crippen molar-refractivity contribution in [2.24, 2.45) is 5.10 Å². The summed E-state index contributed by atoms with van der Waals surface area (Å²) in [7, 11) is 1.52. The molecule has 1 saturated heterocycles. The van der Waals surface area contributed by atoms with Crippen LogP contribution in [-0.2, 0) is 9.53 Å². The maximum atomic E-state index is 13.9. The van der Waals surface area contributed by atoms with Crippen LogP contribution in [-0.4, -0.2) is 73.3 Å². The average Bonchev–Trinajstić information content (AvgIpc) is 3.04. The molecule has 3 aromatic carbocycles. The second-order valence-corrected chi connectivity index (χ2v) is 11.8. The molecule has 11 heteroatoms. The van der Waals surface area contributed by atoms with Crippen molar-refractivity contribution in [1.29, 1.82) is 0 Å². The summed E-state index contributed by atoms with van der Waals surface area (Å²) in [6.45, 7) is 10.7. The standard InChI is InChI=1S/C34H37BrN4O6/c1-6-44-29-15-22(4)26(18-25(29)21(2)3)33-37-28-10-8-7-9-24(28)34(41)39(33)36-19-23-16-27(35)32(30(17-23)42-5)45-20-31(40)38-11-13-43-14-12-38/h7-10,15-19,21H,6,11-14,20H2,1-5H3. The first-order chi connectivity index (χ1) is 21.7. The molecule has 1 aliphatic rings. The number of fused-ring (bicyclic) bond motifs is 1. The fourth-order valence-corrected chi connectivity index (χ4v) is 5.77. The number of ether oxygens (including phenoxy) is 4. The number of para-hydroxylation sites is 1. The zero-order chi connectivity index (χ0) is 32.1. The van der Waals surface area contributed by atoms with E-state index < -0.39 is 0 Å². The Bertz CT molecular complexity index is 1800. The van der Waals surface area contributed by atoms with Gasteiger partial charge in [0.15, 0.2) is 23.9 Å². The molecule has 0 saturated carbocycles. The van der Waals surface area contributed by atoms with Crippen molar-refractivity contribution in [3.8, 4) is 28.6 Å². The Morgan fingerprint density at radius 2 is 1.87 bits per heavy atom. The molecule has 0 N–H and O–H groups in total. The van der Waals surface area contributed by atoms with Gasteiger partial charge in [-0.3, -0.25) is 9.59 Å². The SMILES string of the molecule is CCOc1cc(C)c(-c2nc3ccccc3c(=O)n2N=Cc2cc(Br)c(OCC(=O)N3CCOCC3)c(OC)c2)cc1C(C)C. The average molecular weight is 678 g/mol. The lowest BCUT2D eigenvalue weighted by molar-refractivity contribution is -0.137. The van der Waals surface area contributed by atoms with E-state index in [2.05, 4.69) is 34.9 Å². The number of carbonyl (C=O) groups excluding carboxylic acids is 1. The number of aryl methyl sites for hydroxylation is 1. The summed E-state index contributed by atoms with van der Waals surface area (Å²) in [4.78, 5) is 33.1. The molecular formula is C34H37BrN4O6. The van der Waals surface area contributed by atoms with Gasteiger partial charge in [-0.2, -0.15) is 9.78 Å². The molecule has 5 rings (SSSR count). The molecule has 0 bridgehead atoms. The Kier molecular flexibility index (Phi) is 10.2. The van der Waals surface area contributed by atoms with Crippen LogP contribution >= 0.6 is 15.9 Å². The largest absolute Gasteiger partial charge is 0.494 e. The van der Waals surface area contributed by atoms with E-state index in [1.165, 1.54) is 11.8 Å². The van der Waals surface area contributed by atoms with Crippen molar-refractivity contribution >= 4 is 39.0 Å². The third-order valence-electron chi connectivity index (χ3n) is 7.55. The lowest BCUT2D eigenvalue weighted by Crippen LogP contribution is -2.43. The van der Waals surface area contributed by atoms with Crippen molar-refractivity contribution in [3.63, 3.8) is 0 Å². The van der Waals surface area contributed by atoms with E-state index in [9.17, 15) is 9.59 Å². The van der Waals surface area contributed by atoms with E-state index in [0.29, 0.717) is 71.2 Å². The van der Waals surface area contributed by atoms with Gasteiger partial charge in [0, 0.05) is 18.7 Å². The van der Waals surface area contributed by atoms with Gasteiger partial charge in [0.05, 0.1) is 48.5 Å². The lowest BCUT2D eigenvalue weighted by atomic mass is 9.96. The minimum Gasteiger partial charge on any atom is -0.494 e. The molecule has 0 radical (unpaired) electrons. The monoisotopic (exact) mass is 676 g/mol. The lowest BCUT2D eigenvalue weighted by Gasteiger charge is -2.26. The highest BCUT2D eigenvalue weighted by molar-refractivity contribution is 9.10. The number of carbonyl (C=O) groups is 1. The molecule has 236 valence electrons. The summed E-state index contributed by atoms with van der Waals surface area (Å²) in [6.07, 6.45) is 1.57. The van der Waals surface area contributed by atoms with E-state index in [-0.39, 0.29) is 24.0 Å². The van der Waals surface area contributed by atoms with Gasteiger partial charge in [-0.05, 0) is 88.8 Å². The number of hydrogen-bond acceptors (Lipinski definition) is 8. The normalized spacial score (nSPS) is 13.5. The highest BCUT2D eigenvalue weighted by atomic mass is 79.9. The molecule has 0 atom stereocenters. The van der Waals surface area contributed by atoms with Gasteiger partial charge in [-0.25, -0.2) is 4.98 Å². The number of halogens is 1. The van der Waals surface area contributed by atoms with Gasteiger partial charge in [0.2, 0.25) is 0 Å². The second kappa shape index (κ2) is 14.3. The van der Waals surface area contributed by atoms with Gasteiger partial charge in [-0.15, -0.1) is 0 Å². The van der Waals surface area contributed by atoms with Crippen molar-refractivity contribution in [1.82, 2.24) is 14.6 Å². The first-order valence-electron chi connectivity index (χ1n) is 14.9. The number of morpholine rings is 1. The second-order valence-electron chi connectivity index (χ2n) is 10.9. The molecule has 2 heterocycles. The summed E-state index contributed by atoms with van der Waals surface area (Å²) < 4.78 is 24.6. The molecule has 1 fully saturated rings. The smallest absolute Gasteiger partial charge is 0.282 e. The van der Waals surface area contributed by atoms with Crippen LogP contribution in [0.15, 0.2) is 62.9 Å². The molecule has 1 aliphatic heterocycles. The molecular weight excluding hydrogens is 640 g/mol. The third kappa shape index (κ3) is 7.04. The van der Waals surface area contributed by atoms with Crippen LogP contribution in [0.3, 0.4) is 0 Å². The van der Waals surface area contributed by atoms with Crippen molar-refractivity contribution in [2.75, 3.05) is 46.6 Å². The van der Waals surface area contributed by atoms with E-state index >= 15 is 0 Å². The van der Waals surface area contributed by atoms with Gasteiger partial charge < -0.3 is 23.8 Å². The summed E-state index contributed by atoms with van der Waals surface area (Å²) >= 11 is 3.56. The third-order valence-corrected chi connectivity index (χ3v) is 8.14. The Morgan fingerprint density at radius 1 is 1.11 bits per heavy atom. The number of hydrogen-bond donors (Lipinski definition) is 0. The number of aromatic nitrogens is 2. The Balaban J connectivity index is 1.54. The fraction of sp³-hybridized carbons (Fsp3) is 0.353. The van der Waals surface area contributed by atoms with Crippen LogP contribution in [0.1, 0.15) is 43.4 Å². The fourth-order valence-electron chi connectivity index (χ4n) is 5.19. The van der Waals surface area contributed by atoms with Gasteiger partial charge in [0.1, 0.15) is 5.75 Å². The zero-order valence-corrected chi connectivity index (χ0v) is 27.7. The summed E-state index contributed by atoms with van der Waals surface area (Å²) in [5.41, 5.74) is 3.65. The van der Waals surface area contributed by atoms with E-state index in [1.807, 2.05) is 44.2 Å². The predicted octanol–water partition coefficient (Wildman–Crippen LogP) is 5.78. The molecule has 1 amide bonds. The molecule has 1 aromatic heterocycles. The number of nitrogens with zero attached hydrogens (tertiary/aromatic N) is 4. The summed E-state index contributed by atoms with van der Waals surface area (Å²) in [5.74, 6) is 2.10. The van der Waals surface area contributed by atoms with Gasteiger partial charge >= 0.3 is 0 Å². The number of methoxy groups -OCH3 is 1. The summed E-state index contributed by atoms with van der Waals surface area (Å²) in [6, 6.07) is 14.8. The van der Waals surface area contributed by atoms with Gasteiger partial charge in [-0.1, -0.05) is 26.0 Å². The first kappa shape index (κ1) is 32.2. The highest BCUT2D eigenvalue weighted by Gasteiger charge is 2.21. The Hall–Kier alpha value is -4.22. The van der Waals surface area contributed by atoms with Crippen LogP contribution in [0.4, 0.5) is 0 Å². The minimum absolute atomic E-state index is 0.126. The van der Waals surface area contributed by atoms with Crippen molar-refractivity contribution < 1.29 is 23.7 Å². The molecule has 0 aliphatic carbocycles. The quantitative estimate of drug-likeness (QED) is 0.196. The Morgan fingerprint density at radius 3 is 2.58 bits per heavy atom.